The van der Waals surface area contributed by atoms with Crippen LogP contribution in [0, 0.1) is 0 Å². The van der Waals surface area contributed by atoms with Gasteiger partial charge in [-0.3, -0.25) is 0 Å². The van der Waals surface area contributed by atoms with E-state index in [9.17, 15) is 0 Å². The predicted molar refractivity (Wildman–Crippen MR) is 61.8 cm³/mol. The summed E-state index contributed by atoms with van der Waals surface area (Å²) in [6, 6.07) is 0. The topological polar surface area (TPSA) is 0 Å². The van der Waals surface area contributed by atoms with Crippen molar-refractivity contribution in [2.75, 3.05) is 0 Å². The maximum atomic E-state index is 3.70. The van der Waals surface area contributed by atoms with Crippen LogP contribution in [-0.4, -0.2) is 0 Å². The van der Waals surface area contributed by atoms with E-state index in [0.717, 1.165) is 12.8 Å². The summed E-state index contributed by atoms with van der Waals surface area (Å²) in [6.07, 6.45) is 12.6. The van der Waals surface area contributed by atoms with Gasteiger partial charge in [-0.05, 0) is 33.6 Å². The first-order valence-corrected chi connectivity index (χ1v) is 4.78. The van der Waals surface area contributed by atoms with Crippen LogP contribution >= 0.6 is 0 Å². The van der Waals surface area contributed by atoms with E-state index in [4.69, 9.17) is 0 Å². The largest absolute Gasteiger partial charge is 0.103 e. The molecule has 0 saturated carbocycles. The Kier molecular flexibility index (Phi) is 6.99. The molecule has 0 spiro atoms. The van der Waals surface area contributed by atoms with Gasteiger partial charge in [-0.2, -0.15) is 0 Å². The molecule has 72 valence electrons. The number of rotatable bonds is 5. The molecule has 0 aliphatic heterocycles. The zero-order valence-corrected chi connectivity index (χ0v) is 9.01. The first kappa shape index (κ1) is 12.0. The first-order chi connectivity index (χ1) is 6.20. The molecular formula is C13H20. The van der Waals surface area contributed by atoms with Gasteiger partial charge < -0.3 is 0 Å². The van der Waals surface area contributed by atoms with Gasteiger partial charge in [0.05, 0.1) is 0 Å². The zero-order chi connectivity index (χ0) is 10.1. The van der Waals surface area contributed by atoms with Gasteiger partial charge >= 0.3 is 0 Å². The highest BCUT2D eigenvalue weighted by Crippen LogP contribution is 2.04. The van der Waals surface area contributed by atoms with Crippen LogP contribution in [0.4, 0.5) is 0 Å². The lowest BCUT2D eigenvalue weighted by Gasteiger charge is -1.94. The van der Waals surface area contributed by atoms with E-state index in [1.165, 1.54) is 11.1 Å². The number of allylic oxidation sites excluding steroid dienone is 7. The number of hydrogen-bond acceptors (Lipinski definition) is 0. The molecule has 0 unspecified atom stereocenters. The molecule has 0 nitrogen and oxygen atoms in total. The fraction of sp³-hybridized carbons (Fsp3) is 0.385. The van der Waals surface area contributed by atoms with E-state index in [1.807, 2.05) is 13.0 Å². The van der Waals surface area contributed by atoms with Gasteiger partial charge in [0.15, 0.2) is 0 Å². The second kappa shape index (κ2) is 7.60. The van der Waals surface area contributed by atoms with Crippen molar-refractivity contribution in [3.8, 4) is 0 Å². The summed E-state index contributed by atoms with van der Waals surface area (Å²) in [5, 5.41) is 0. The molecule has 0 rings (SSSR count). The molecule has 0 saturated heterocycles. The summed E-state index contributed by atoms with van der Waals surface area (Å²) in [7, 11) is 0. The van der Waals surface area contributed by atoms with Crippen LogP contribution in [0.25, 0.3) is 0 Å². The Balaban J connectivity index is 3.95. The Morgan fingerprint density at radius 1 is 1.31 bits per heavy atom. The third kappa shape index (κ3) is 7.32. The Hall–Kier alpha value is -1.04. The van der Waals surface area contributed by atoms with Crippen LogP contribution in [0.2, 0.25) is 0 Å². The Morgan fingerprint density at radius 2 is 2.00 bits per heavy atom. The molecule has 0 radical (unpaired) electrons. The van der Waals surface area contributed by atoms with Crippen molar-refractivity contribution in [2.45, 2.75) is 33.6 Å². The summed E-state index contributed by atoms with van der Waals surface area (Å²) >= 11 is 0. The maximum absolute atomic E-state index is 3.70. The van der Waals surface area contributed by atoms with Crippen LogP contribution in [0.5, 0.6) is 0 Å². The normalized spacial score (nSPS) is 13.8. The molecule has 0 aromatic carbocycles. The zero-order valence-electron chi connectivity index (χ0n) is 9.01. The second-order valence-corrected chi connectivity index (χ2v) is 3.23. The highest BCUT2D eigenvalue weighted by atomic mass is 13.9. The fourth-order valence-electron chi connectivity index (χ4n) is 0.873. The van der Waals surface area contributed by atoms with Gasteiger partial charge in [0.1, 0.15) is 0 Å². The SMILES string of the molecule is C=CCC/C(C)=C/C=C/C(C)=C/C. The number of hydrogen-bond donors (Lipinski definition) is 0. The molecule has 0 bridgehead atoms. The predicted octanol–water partition coefficient (Wildman–Crippen LogP) is 4.42. The summed E-state index contributed by atoms with van der Waals surface area (Å²) in [5.74, 6) is 0. The standard InChI is InChI=1S/C13H20/c1-5-7-9-13(4)11-8-10-12(3)6-2/h5-6,8,10-11H,1,7,9H2,2-4H3/b10-8+,12-6+,13-11+. The lowest BCUT2D eigenvalue weighted by Crippen LogP contribution is -1.73. The highest BCUT2D eigenvalue weighted by molar-refractivity contribution is 5.21. The Labute approximate surface area is 82.4 Å². The average Bonchev–Trinajstić information content (AvgIpc) is 2.14. The maximum Gasteiger partial charge on any atom is -0.0285 e. The molecule has 0 fully saturated rings. The molecule has 0 aliphatic carbocycles. The molecule has 0 N–H and O–H groups in total. The molecule has 0 amide bonds. The molecule has 0 aromatic heterocycles. The lowest BCUT2D eigenvalue weighted by molar-refractivity contribution is 0.980. The average molecular weight is 176 g/mol. The van der Waals surface area contributed by atoms with E-state index >= 15 is 0 Å². The minimum Gasteiger partial charge on any atom is -0.103 e. The van der Waals surface area contributed by atoms with Crippen molar-refractivity contribution in [1.29, 1.82) is 0 Å². The quantitative estimate of drug-likeness (QED) is 0.429. The molecule has 0 atom stereocenters. The summed E-state index contributed by atoms with van der Waals surface area (Å²) in [6.45, 7) is 10.0. The van der Waals surface area contributed by atoms with Gasteiger partial charge in [0.25, 0.3) is 0 Å². The van der Waals surface area contributed by atoms with Crippen LogP contribution in [0.1, 0.15) is 33.6 Å². The van der Waals surface area contributed by atoms with Crippen molar-refractivity contribution in [3.63, 3.8) is 0 Å². The summed E-state index contributed by atoms with van der Waals surface area (Å²) < 4.78 is 0. The van der Waals surface area contributed by atoms with Crippen molar-refractivity contribution < 1.29 is 0 Å². The van der Waals surface area contributed by atoms with Gasteiger partial charge in [0, 0.05) is 0 Å². The van der Waals surface area contributed by atoms with Crippen molar-refractivity contribution in [3.05, 3.63) is 48.1 Å². The van der Waals surface area contributed by atoms with E-state index < -0.39 is 0 Å². The first-order valence-electron chi connectivity index (χ1n) is 4.78. The van der Waals surface area contributed by atoms with Gasteiger partial charge in [-0.1, -0.05) is 41.5 Å². The van der Waals surface area contributed by atoms with Gasteiger partial charge in [0.2, 0.25) is 0 Å². The van der Waals surface area contributed by atoms with Crippen molar-refractivity contribution in [2.24, 2.45) is 0 Å². The third-order valence-corrected chi connectivity index (χ3v) is 1.94. The smallest absolute Gasteiger partial charge is 0.0285 e. The van der Waals surface area contributed by atoms with E-state index in [0.29, 0.717) is 0 Å². The van der Waals surface area contributed by atoms with E-state index in [1.54, 1.807) is 0 Å². The second-order valence-electron chi connectivity index (χ2n) is 3.23. The molecule has 0 heteroatoms. The highest BCUT2D eigenvalue weighted by Gasteiger charge is 1.84. The molecule has 0 heterocycles. The third-order valence-electron chi connectivity index (χ3n) is 1.94. The van der Waals surface area contributed by atoms with Crippen molar-refractivity contribution in [1.82, 2.24) is 0 Å². The molecule has 13 heavy (non-hydrogen) atoms. The van der Waals surface area contributed by atoms with E-state index in [-0.39, 0.29) is 0 Å². The van der Waals surface area contributed by atoms with Crippen LogP contribution < -0.4 is 0 Å². The van der Waals surface area contributed by atoms with Crippen molar-refractivity contribution >= 4 is 0 Å². The van der Waals surface area contributed by atoms with Crippen LogP contribution in [0.3, 0.4) is 0 Å². The monoisotopic (exact) mass is 176 g/mol. The van der Waals surface area contributed by atoms with Crippen LogP contribution in [0.15, 0.2) is 48.1 Å². The minimum atomic E-state index is 1.07. The van der Waals surface area contributed by atoms with E-state index in [2.05, 4.69) is 44.7 Å². The lowest BCUT2D eigenvalue weighted by atomic mass is 10.1. The fourth-order valence-corrected chi connectivity index (χ4v) is 0.873. The molecular weight excluding hydrogens is 156 g/mol. The van der Waals surface area contributed by atoms with Crippen LogP contribution in [-0.2, 0) is 0 Å². The van der Waals surface area contributed by atoms with Gasteiger partial charge in [-0.25, -0.2) is 0 Å². The Bertz CT molecular complexity index is 226. The van der Waals surface area contributed by atoms with Gasteiger partial charge in [-0.15, -0.1) is 6.58 Å². The summed E-state index contributed by atoms with van der Waals surface area (Å²) in [4.78, 5) is 0. The summed E-state index contributed by atoms with van der Waals surface area (Å²) in [5.41, 5.74) is 2.70. The Morgan fingerprint density at radius 3 is 2.54 bits per heavy atom. The molecule has 0 aliphatic rings. The molecule has 0 aromatic rings. The minimum absolute atomic E-state index is 1.07.